The van der Waals surface area contributed by atoms with E-state index in [2.05, 4.69) is 10.2 Å². The summed E-state index contributed by atoms with van der Waals surface area (Å²) in [6, 6.07) is 0. The average Bonchev–Trinajstić information content (AvgIpc) is 2.76. The summed E-state index contributed by atoms with van der Waals surface area (Å²) in [6.07, 6.45) is 9.03. The standard InChI is InChI=1S/C11H17ClN2O/c12-8-11-14-13-10(15-11)7-6-9-4-2-1-3-5-9/h9H,1-8H2. The lowest BCUT2D eigenvalue weighted by molar-refractivity contribution is 0.327. The maximum atomic E-state index is 5.59. The molecule has 0 bridgehead atoms. The van der Waals surface area contributed by atoms with Crippen LogP contribution < -0.4 is 0 Å². The van der Waals surface area contributed by atoms with Crippen LogP contribution in [-0.2, 0) is 12.3 Å². The number of hydrogen-bond acceptors (Lipinski definition) is 3. The van der Waals surface area contributed by atoms with Gasteiger partial charge in [0.25, 0.3) is 0 Å². The van der Waals surface area contributed by atoms with Crippen molar-refractivity contribution in [3.05, 3.63) is 11.8 Å². The van der Waals surface area contributed by atoms with Gasteiger partial charge in [0.15, 0.2) is 0 Å². The van der Waals surface area contributed by atoms with Gasteiger partial charge in [0.05, 0.1) is 0 Å². The lowest BCUT2D eigenvalue weighted by Crippen LogP contribution is -2.07. The summed E-state index contributed by atoms with van der Waals surface area (Å²) in [7, 11) is 0. The Morgan fingerprint density at radius 1 is 1.13 bits per heavy atom. The number of alkyl halides is 1. The van der Waals surface area contributed by atoms with Crippen molar-refractivity contribution in [3.63, 3.8) is 0 Å². The lowest BCUT2D eigenvalue weighted by Gasteiger charge is -2.20. The van der Waals surface area contributed by atoms with E-state index < -0.39 is 0 Å². The predicted molar refractivity (Wildman–Crippen MR) is 58.8 cm³/mol. The highest BCUT2D eigenvalue weighted by atomic mass is 35.5. The summed E-state index contributed by atoms with van der Waals surface area (Å²) in [5.74, 6) is 2.47. The molecular weight excluding hydrogens is 212 g/mol. The molecule has 1 heterocycles. The van der Waals surface area contributed by atoms with Gasteiger partial charge in [-0.1, -0.05) is 32.1 Å². The van der Waals surface area contributed by atoms with Gasteiger partial charge >= 0.3 is 0 Å². The van der Waals surface area contributed by atoms with E-state index in [-0.39, 0.29) is 0 Å². The smallest absolute Gasteiger partial charge is 0.231 e. The van der Waals surface area contributed by atoms with Crippen LogP contribution in [0.4, 0.5) is 0 Å². The number of rotatable bonds is 4. The van der Waals surface area contributed by atoms with Crippen LogP contribution in [0, 0.1) is 5.92 Å². The molecule has 1 aromatic rings. The molecule has 0 amide bonds. The van der Waals surface area contributed by atoms with Crippen molar-refractivity contribution in [1.29, 1.82) is 0 Å². The van der Waals surface area contributed by atoms with Crippen LogP contribution in [-0.4, -0.2) is 10.2 Å². The third kappa shape index (κ3) is 3.20. The molecule has 3 nitrogen and oxygen atoms in total. The van der Waals surface area contributed by atoms with Crippen molar-refractivity contribution in [2.24, 2.45) is 5.92 Å². The number of aryl methyl sites for hydroxylation is 1. The predicted octanol–water partition coefficient (Wildman–Crippen LogP) is 3.32. The maximum absolute atomic E-state index is 5.59. The second kappa shape index (κ2) is 5.50. The Morgan fingerprint density at radius 3 is 2.53 bits per heavy atom. The highest BCUT2D eigenvalue weighted by molar-refractivity contribution is 6.16. The van der Waals surface area contributed by atoms with E-state index in [4.69, 9.17) is 16.0 Å². The first-order chi connectivity index (χ1) is 7.38. The van der Waals surface area contributed by atoms with E-state index in [1.807, 2.05) is 0 Å². The van der Waals surface area contributed by atoms with E-state index in [1.165, 1.54) is 38.5 Å². The molecule has 1 fully saturated rings. The van der Waals surface area contributed by atoms with Crippen molar-refractivity contribution < 1.29 is 4.42 Å². The van der Waals surface area contributed by atoms with Gasteiger partial charge in [0.1, 0.15) is 5.88 Å². The zero-order valence-corrected chi connectivity index (χ0v) is 9.67. The Kier molecular flexibility index (Phi) is 4.01. The molecule has 4 heteroatoms. The third-order valence-electron chi connectivity index (χ3n) is 3.11. The van der Waals surface area contributed by atoms with Gasteiger partial charge in [0, 0.05) is 6.42 Å². The average molecular weight is 229 g/mol. The fraction of sp³-hybridized carbons (Fsp3) is 0.818. The summed E-state index contributed by atoms with van der Waals surface area (Å²) < 4.78 is 5.37. The monoisotopic (exact) mass is 228 g/mol. The van der Waals surface area contributed by atoms with E-state index in [1.54, 1.807) is 0 Å². The fourth-order valence-electron chi connectivity index (χ4n) is 2.25. The first-order valence-corrected chi connectivity index (χ1v) is 6.29. The second-order valence-electron chi connectivity index (χ2n) is 4.27. The molecule has 84 valence electrons. The molecule has 1 saturated carbocycles. The van der Waals surface area contributed by atoms with Crippen LogP contribution in [0.25, 0.3) is 0 Å². The Bertz CT molecular complexity index is 295. The van der Waals surface area contributed by atoms with Crippen LogP contribution in [0.5, 0.6) is 0 Å². The van der Waals surface area contributed by atoms with Crippen molar-refractivity contribution in [3.8, 4) is 0 Å². The van der Waals surface area contributed by atoms with E-state index in [9.17, 15) is 0 Å². The van der Waals surface area contributed by atoms with Crippen molar-refractivity contribution >= 4 is 11.6 Å². The number of nitrogens with zero attached hydrogens (tertiary/aromatic N) is 2. The zero-order chi connectivity index (χ0) is 10.5. The number of aromatic nitrogens is 2. The van der Waals surface area contributed by atoms with Gasteiger partial charge in [-0.15, -0.1) is 21.8 Å². The quantitative estimate of drug-likeness (QED) is 0.743. The summed E-state index contributed by atoms with van der Waals surface area (Å²) in [5.41, 5.74) is 0. The maximum Gasteiger partial charge on any atom is 0.231 e. The lowest BCUT2D eigenvalue weighted by atomic mass is 9.86. The van der Waals surface area contributed by atoms with Crippen LogP contribution in [0.3, 0.4) is 0 Å². The van der Waals surface area contributed by atoms with Gasteiger partial charge < -0.3 is 4.42 Å². The summed E-state index contributed by atoms with van der Waals surface area (Å²) in [6.45, 7) is 0. The van der Waals surface area contributed by atoms with Gasteiger partial charge in [-0.05, 0) is 12.3 Å². The molecule has 1 aliphatic carbocycles. The minimum Gasteiger partial charge on any atom is -0.424 e. The van der Waals surface area contributed by atoms with Gasteiger partial charge in [-0.2, -0.15) is 0 Å². The number of hydrogen-bond donors (Lipinski definition) is 0. The summed E-state index contributed by atoms with van der Waals surface area (Å²) >= 11 is 5.59. The summed E-state index contributed by atoms with van der Waals surface area (Å²) in [5, 5.41) is 7.82. The Labute approximate surface area is 95.2 Å². The van der Waals surface area contributed by atoms with E-state index in [0.717, 1.165) is 18.2 Å². The molecule has 0 unspecified atom stereocenters. The first-order valence-electron chi connectivity index (χ1n) is 5.75. The highest BCUT2D eigenvalue weighted by Crippen LogP contribution is 2.27. The van der Waals surface area contributed by atoms with Crippen LogP contribution in [0.2, 0.25) is 0 Å². The molecule has 15 heavy (non-hydrogen) atoms. The highest BCUT2D eigenvalue weighted by Gasteiger charge is 2.14. The van der Waals surface area contributed by atoms with Gasteiger partial charge in [-0.3, -0.25) is 0 Å². The zero-order valence-electron chi connectivity index (χ0n) is 8.91. The molecule has 0 radical (unpaired) electrons. The largest absolute Gasteiger partial charge is 0.424 e. The Morgan fingerprint density at radius 2 is 1.87 bits per heavy atom. The van der Waals surface area contributed by atoms with E-state index >= 15 is 0 Å². The number of halogens is 1. The van der Waals surface area contributed by atoms with Gasteiger partial charge in [0.2, 0.25) is 11.8 Å². The minimum absolute atomic E-state index is 0.316. The van der Waals surface area contributed by atoms with Crippen molar-refractivity contribution in [2.45, 2.75) is 50.8 Å². The summed E-state index contributed by atoms with van der Waals surface area (Å²) in [4.78, 5) is 0. The second-order valence-corrected chi connectivity index (χ2v) is 4.53. The topological polar surface area (TPSA) is 38.9 Å². The molecule has 0 spiro atoms. The molecule has 1 aliphatic rings. The van der Waals surface area contributed by atoms with Gasteiger partial charge in [-0.25, -0.2) is 0 Å². The molecule has 0 atom stereocenters. The van der Waals surface area contributed by atoms with Crippen molar-refractivity contribution in [2.75, 3.05) is 0 Å². The van der Waals surface area contributed by atoms with Crippen LogP contribution in [0.15, 0.2) is 4.42 Å². The van der Waals surface area contributed by atoms with Crippen molar-refractivity contribution in [1.82, 2.24) is 10.2 Å². The van der Waals surface area contributed by atoms with E-state index in [0.29, 0.717) is 11.8 Å². The molecule has 0 saturated heterocycles. The van der Waals surface area contributed by atoms with Crippen LogP contribution >= 0.6 is 11.6 Å². The Hall–Kier alpha value is -0.570. The molecular formula is C11H17ClN2O. The van der Waals surface area contributed by atoms with Crippen LogP contribution in [0.1, 0.15) is 50.3 Å². The SMILES string of the molecule is ClCc1nnc(CCC2CCCCC2)o1. The Balaban J connectivity index is 1.76. The molecule has 0 N–H and O–H groups in total. The molecule has 0 aliphatic heterocycles. The molecule has 2 rings (SSSR count). The minimum atomic E-state index is 0.316. The molecule has 0 aromatic carbocycles. The first kappa shape index (κ1) is 10.9. The fourth-order valence-corrected chi connectivity index (χ4v) is 2.35. The third-order valence-corrected chi connectivity index (χ3v) is 3.34. The molecule has 1 aromatic heterocycles. The normalized spacial score (nSPS) is 18.2.